The number of anilines is 1. The Morgan fingerprint density at radius 3 is 2.56 bits per heavy atom. The number of rotatable bonds is 4. The summed E-state index contributed by atoms with van der Waals surface area (Å²) < 4.78 is 18.2. The van der Waals surface area contributed by atoms with Crippen LogP contribution in [0.4, 0.5) is 10.1 Å². The van der Waals surface area contributed by atoms with Crippen LogP contribution in [-0.4, -0.2) is 28.0 Å². The molecular weight excluding hydrogens is 347 g/mol. The molecule has 3 aromatic carbocycles. The smallest absolute Gasteiger partial charge is 0.255 e. The van der Waals surface area contributed by atoms with Crippen LogP contribution in [-0.2, 0) is 0 Å². The minimum atomic E-state index is -0.321. The summed E-state index contributed by atoms with van der Waals surface area (Å²) in [5, 5.41) is 11.6. The van der Waals surface area contributed by atoms with Gasteiger partial charge in [-0.05, 0) is 60.7 Å². The number of amides is 1. The highest BCUT2D eigenvalue weighted by atomic mass is 19.1. The van der Waals surface area contributed by atoms with Gasteiger partial charge in [0.25, 0.3) is 5.91 Å². The number of hydrogen-bond donors (Lipinski definition) is 1. The molecule has 0 saturated carbocycles. The van der Waals surface area contributed by atoms with Gasteiger partial charge < -0.3 is 10.1 Å². The van der Waals surface area contributed by atoms with Crippen molar-refractivity contribution < 1.29 is 13.9 Å². The predicted octanol–water partition coefficient (Wildman–Crippen LogP) is 3.82. The zero-order valence-corrected chi connectivity index (χ0v) is 14.4. The van der Waals surface area contributed by atoms with Crippen LogP contribution in [0.1, 0.15) is 10.4 Å². The first-order valence-electron chi connectivity index (χ1n) is 8.21. The maximum atomic E-state index is 13.1. The third kappa shape index (κ3) is 3.48. The fourth-order valence-corrected chi connectivity index (χ4v) is 2.65. The van der Waals surface area contributed by atoms with Crippen molar-refractivity contribution in [1.82, 2.24) is 15.0 Å². The fraction of sp³-hybridized carbons (Fsp3) is 0.0500. The highest BCUT2D eigenvalue weighted by Crippen LogP contribution is 2.19. The molecule has 4 aromatic rings. The van der Waals surface area contributed by atoms with Gasteiger partial charge in [0.1, 0.15) is 22.6 Å². The molecule has 1 amide bonds. The maximum absolute atomic E-state index is 13.1. The number of benzene rings is 3. The average molecular weight is 362 g/mol. The first kappa shape index (κ1) is 16.7. The molecule has 0 spiro atoms. The normalized spacial score (nSPS) is 10.7. The molecule has 1 aromatic heterocycles. The second kappa shape index (κ2) is 6.87. The van der Waals surface area contributed by atoms with Gasteiger partial charge in [-0.2, -0.15) is 4.80 Å². The van der Waals surface area contributed by atoms with Crippen LogP contribution in [0.15, 0.2) is 66.7 Å². The number of halogens is 1. The van der Waals surface area contributed by atoms with E-state index in [9.17, 15) is 9.18 Å². The van der Waals surface area contributed by atoms with Crippen LogP contribution in [0.25, 0.3) is 16.7 Å². The van der Waals surface area contributed by atoms with Crippen LogP contribution in [0.5, 0.6) is 5.75 Å². The number of carbonyl (C=O) groups excluding carboxylic acids is 1. The Morgan fingerprint density at radius 1 is 1.00 bits per heavy atom. The zero-order chi connectivity index (χ0) is 18.8. The zero-order valence-electron chi connectivity index (χ0n) is 14.4. The van der Waals surface area contributed by atoms with Gasteiger partial charge in [0.05, 0.1) is 12.8 Å². The Bertz CT molecular complexity index is 1120. The standard InChI is InChI=1S/C20H15FN4O2/c1-27-17-4-2-3-13(11-17)20(26)22-15-7-10-18-19(12-15)24-25(23-18)16-8-5-14(21)6-9-16/h2-12H,1H3,(H,22,26). The summed E-state index contributed by atoms with van der Waals surface area (Å²) in [6, 6.07) is 18.1. The molecule has 0 fully saturated rings. The molecule has 0 radical (unpaired) electrons. The number of nitrogens with zero attached hydrogens (tertiary/aromatic N) is 3. The molecule has 4 rings (SSSR count). The first-order chi connectivity index (χ1) is 13.1. The Labute approximate surface area is 154 Å². The van der Waals surface area contributed by atoms with Crippen molar-refractivity contribution in [3.63, 3.8) is 0 Å². The Kier molecular flexibility index (Phi) is 4.25. The fourth-order valence-electron chi connectivity index (χ4n) is 2.65. The highest BCUT2D eigenvalue weighted by molar-refractivity contribution is 6.05. The number of methoxy groups -OCH3 is 1. The molecule has 0 aliphatic carbocycles. The number of nitrogens with one attached hydrogen (secondary N) is 1. The number of hydrogen-bond acceptors (Lipinski definition) is 4. The van der Waals surface area contributed by atoms with E-state index in [-0.39, 0.29) is 11.7 Å². The van der Waals surface area contributed by atoms with Crippen molar-refractivity contribution in [1.29, 1.82) is 0 Å². The Morgan fingerprint density at radius 2 is 1.78 bits per heavy atom. The van der Waals surface area contributed by atoms with Crippen molar-refractivity contribution in [2.45, 2.75) is 0 Å². The van der Waals surface area contributed by atoms with Gasteiger partial charge in [-0.15, -0.1) is 10.2 Å². The molecule has 0 aliphatic heterocycles. The molecule has 0 unspecified atom stereocenters. The van der Waals surface area contributed by atoms with Crippen LogP contribution >= 0.6 is 0 Å². The SMILES string of the molecule is COc1cccc(C(=O)Nc2ccc3nn(-c4ccc(F)cc4)nc3c2)c1. The lowest BCUT2D eigenvalue weighted by molar-refractivity contribution is 0.102. The minimum Gasteiger partial charge on any atom is -0.497 e. The lowest BCUT2D eigenvalue weighted by atomic mass is 10.2. The summed E-state index contributed by atoms with van der Waals surface area (Å²) >= 11 is 0. The summed E-state index contributed by atoms with van der Waals surface area (Å²) in [7, 11) is 1.55. The molecular formula is C20H15FN4O2. The molecule has 0 aliphatic rings. The minimum absolute atomic E-state index is 0.251. The van der Waals surface area contributed by atoms with Gasteiger partial charge in [0.15, 0.2) is 0 Å². The van der Waals surface area contributed by atoms with Gasteiger partial charge in [-0.1, -0.05) is 6.07 Å². The van der Waals surface area contributed by atoms with E-state index in [1.807, 2.05) is 0 Å². The van der Waals surface area contributed by atoms with E-state index in [4.69, 9.17) is 4.74 Å². The van der Waals surface area contributed by atoms with Crippen molar-refractivity contribution >= 4 is 22.6 Å². The average Bonchev–Trinajstić information content (AvgIpc) is 3.12. The van der Waals surface area contributed by atoms with Gasteiger partial charge in [0.2, 0.25) is 0 Å². The van der Waals surface area contributed by atoms with Gasteiger partial charge >= 0.3 is 0 Å². The topological polar surface area (TPSA) is 69.0 Å². The monoisotopic (exact) mass is 362 g/mol. The first-order valence-corrected chi connectivity index (χ1v) is 8.21. The summed E-state index contributed by atoms with van der Waals surface area (Å²) in [6.45, 7) is 0. The molecule has 1 N–H and O–H groups in total. The predicted molar refractivity (Wildman–Crippen MR) is 99.8 cm³/mol. The van der Waals surface area contributed by atoms with E-state index < -0.39 is 0 Å². The Balaban J connectivity index is 1.59. The molecule has 0 saturated heterocycles. The number of aromatic nitrogens is 3. The molecule has 7 heteroatoms. The number of fused-ring (bicyclic) bond motifs is 1. The number of carbonyl (C=O) groups is 1. The molecule has 27 heavy (non-hydrogen) atoms. The summed E-state index contributed by atoms with van der Waals surface area (Å²) in [5.74, 6) is 0.0394. The number of ether oxygens (including phenoxy) is 1. The van der Waals surface area contributed by atoms with E-state index >= 15 is 0 Å². The van der Waals surface area contributed by atoms with Crippen molar-refractivity contribution in [2.75, 3.05) is 12.4 Å². The van der Waals surface area contributed by atoms with Crippen molar-refractivity contribution in [3.05, 3.63) is 78.1 Å². The van der Waals surface area contributed by atoms with E-state index in [1.165, 1.54) is 16.9 Å². The van der Waals surface area contributed by atoms with Crippen LogP contribution in [0.3, 0.4) is 0 Å². The van der Waals surface area contributed by atoms with E-state index in [1.54, 1.807) is 61.7 Å². The second-order valence-electron chi connectivity index (χ2n) is 5.86. The van der Waals surface area contributed by atoms with E-state index in [2.05, 4.69) is 15.5 Å². The molecule has 0 atom stereocenters. The van der Waals surface area contributed by atoms with Gasteiger partial charge in [-0.25, -0.2) is 4.39 Å². The van der Waals surface area contributed by atoms with E-state index in [0.717, 1.165) is 0 Å². The van der Waals surface area contributed by atoms with Gasteiger partial charge in [0, 0.05) is 11.3 Å². The van der Waals surface area contributed by atoms with Crippen molar-refractivity contribution in [2.24, 2.45) is 0 Å². The molecule has 0 bridgehead atoms. The quantitative estimate of drug-likeness (QED) is 0.599. The molecule has 134 valence electrons. The lowest BCUT2D eigenvalue weighted by Gasteiger charge is -2.06. The summed E-state index contributed by atoms with van der Waals surface area (Å²) in [6.07, 6.45) is 0. The van der Waals surface area contributed by atoms with Gasteiger partial charge in [-0.3, -0.25) is 4.79 Å². The summed E-state index contributed by atoms with van der Waals surface area (Å²) in [4.78, 5) is 13.9. The van der Waals surface area contributed by atoms with Crippen molar-refractivity contribution in [3.8, 4) is 11.4 Å². The molecule has 6 nitrogen and oxygen atoms in total. The lowest BCUT2D eigenvalue weighted by Crippen LogP contribution is -2.11. The largest absolute Gasteiger partial charge is 0.497 e. The third-order valence-corrected chi connectivity index (χ3v) is 4.03. The van der Waals surface area contributed by atoms with E-state index in [0.29, 0.717) is 33.7 Å². The molecule has 1 heterocycles. The highest BCUT2D eigenvalue weighted by Gasteiger charge is 2.10. The van der Waals surface area contributed by atoms with Crippen LogP contribution in [0.2, 0.25) is 0 Å². The summed E-state index contributed by atoms with van der Waals surface area (Å²) in [5.41, 5.74) is 3.02. The van der Waals surface area contributed by atoms with Crippen LogP contribution < -0.4 is 10.1 Å². The Hall–Kier alpha value is -3.74. The third-order valence-electron chi connectivity index (χ3n) is 4.03. The van der Waals surface area contributed by atoms with Crippen LogP contribution in [0, 0.1) is 5.82 Å². The second-order valence-corrected chi connectivity index (χ2v) is 5.86. The maximum Gasteiger partial charge on any atom is 0.255 e.